The van der Waals surface area contributed by atoms with Gasteiger partial charge in [-0.2, -0.15) is 0 Å². The number of hydrogen-bond acceptors (Lipinski definition) is 2. The third-order valence-electron chi connectivity index (χ3n) is 2.81. The molecule has 14 heavy (non-hydrogen) atoms. The Morgan fingerprint density at radius 1 is 1.36 bits per heavy atom. The minimum absolute atomic E-state index is 0. The zero-order chi connectivity index (χ0) is 9.90. The minimum Gasteiger partial charge on any atom is -1.00 e. The zero-order valence-corrected chi connectivity index (χ0v) is 11.4. The van der Waals surface area contributed by atoms with E-state index in [0.717, 1.165) is 4.48 Å². The van der Waals surface area contributed by atoms with Crippen molar-refractivity contribution in [3.05, 3.63) is 0 Å². The first-order chi connectivity index (χ1) is 5.99. The molecule has 0 aliphatic carbocycles. The van der Waals surface area contributed by atoms with E-state index in [-0.39, 0.29) is 29.9 Å². The van der Waals surface area contributed by atoms with E-state index < -0.39 is 0 Å². The Morgan fingerprint density at radius 2 is 1.86 bits per heavy atom. The monoisotopic (exact) mass is 313 g/mol. The minimum atomic E-state index is -0.153. The summed E-state index contributed by atoms with van der Waals surface area (Å²) in [7, 11) is 4.50. The molecule has 3 nitrogen and oxygen atoms in total. The summed E-state index contributed by atoms with van der Waals surface area (Å²) in [5, 5.41) is 0. The van der Waals surface area contributed by atoms with Gasteiger partial charge in [-0.25, -0.2) is 0 Å². The molecule has 0 radical (unpaired) electrons. The summed E-state index contributed by atoms with van der Waals surface area (Å²) in [4.78, 5) is 10.6. The maximum absolute atomic E-state index is 10.6. The SMILES string of the molecule is CC(=O)OCC1CC[N+](C)(C)CC1.[I-]. The van der Waals surface area contributed by atoms with E-state index in [9.17, 15) is 4.79 Å². The number of hydrogen-bond donors (Lipinski definition) is 0. The third-order valence-corrected chi connectivity index (χ3v) is 2.81. The smallest absolute Gasteiger partial charge is 0.302 e. The lowest BCUT2D eigenvalue weighted by Gasteiger charge is -2.36. The van der Waals surface area contributed by atoms with Crippen LogP contribution in [0.4, 0.5) is 0 Å². The van der Waals surface area contributed by atoms with Crippen LogP contribution in [0.5, 0.6) is 0 Å². The quantitative estimate of drug-likeness (QED) is 0.336. The summed E-state index contributed by atoms with van der Waals surface area (Å²) in [5.74, 6) is 0.439. The molecule has 84 valence electrons. The fourth-order valence-electron chi connectivity index (χ4n) is 1.72. The van der Waals surface area contributed by atoms with Crippen molar-refractivity contribution in [3.8, 4) is 0 Å². The first-order valence-corrected chi connectivity index (χ1v) is 4.95. The highest BCUT2D eigenvalue weighted by molar-refractivity contribution is 5.65. The van der Waals surface area contributed by atoms with Crippen LogP contribution < -0.4 is 24.0 Å². The van der Waals surface area contributed by atoms with Gasteiger partial charge in [0.2, 0.25) is 0 Å². The van der Waals surface area contributed by atoms with Gasteiger partial charge in [0.05, 0.1) is 33.8 Å². The molecule has 4 heteroatoms. The highest BCUT2D eigenvalue weighted by Crippen LogP contribution is 2.20. The number of halogens is 1. The second kappa shape index (κ2) is 5.90. The summed E-state index contributed by atoms with van der Waals surface area (Å²) in [6.45, 7) is 4.50. The third kappa shape index (κ3) is 5.14. The fourth-order valence-corrected chi connectivity index (χ4v) is 1.72. The van der Waals surface area contributed by atoms with Crippen LogP contribution in [0.3, 0.4) is 0 Å². The van der Waals surface area contributed by atoms with Crippen LogP contribution in [-0.4, -0.2) is 44.2 Å². The molecule has 0 N–H and O–H groups in total. The van der Waals surface area contributed by atoms with Crippen molar-refractivity contribution in [1.82, 2.24) is 0 Å². The van der Waals surface area contributed by atoms with E-state index in [1.54, 1.807) is 0 Å². The lowest BCUT2D eigenvalue weighted by atomic mass is 9.97. The summed E-state index contributed by atoms with van der Waals surface area (Å²) < 4.78 is 6.11. The molecule has 1 saturated heterocycles. The Hall–Kier alpha value is 0.160. The molecular formula is C10H20INO2. The van der Waals surface area contributed by atoms with Crippen LogP contribution in [0.15, 0.2) is 0 Å². The number of rotatable bonds is 2. The van der Waals surface area contributed by atoms with Gasteiger partial charge in [-0.3, -0.25) is 4.79 Å². The lowest BCUT2D eigenvalue weighted by Crippen LogP contribution is -3.00. The van der Waals surface area contributed by atoms with E-state index in [2.05, 4.69) is 14.1 Å². The fraction of sp³-hybridized carbons (Fsp3) is 0.900. The molecule has 0 bridgehead atoms. The number of quaternary nitrogens is 1. The van der Waals surface area contributed by atoms with Gasteiger partial charge < -0.3 is 33.2 Å². The molecule has 0 aromatic heterocycles. The van der Waals surface area contributed by atoms with Crippen molar-refractivity contribution >= 4 is 5.97 Å². The predicted molar refractivity (Wildman–Crippen MR) is 51.2 cm³/mol. The topological polar surface area (TPSA) is 26.3 Å². The molecule has 0 aromatic rings. The first kappa shape index (κ1) is 14.2. The first-order valence-electron chi connectivity index (χ1n) is 4.95. The summed E-state index contributed by atoms with van der Waals surface area (Å²) in [6.07, 6.45) is 2.36. The van der Waals surface area contributed by atoms with Crippen molar-refractivity contribution in [2.24, 2.45) is 5.92 Å². The van der Waals surface area contributed by atoms with Crippen molar-refractivity contribution < 1.29 is 38.0 Å². The molecule has 0 aromatic carbocycles. The second-order valence-electron chi connectivity index (χ2n) is 4.63. The highest BCUT2D eigenvalue weighted by atomic mass is 127. The Morgan fingerprint density at radius 3 is 2.29 bits per heavy atom. The van der Waals surface area contributed by atoms with Gasteiger partial charge in [0.25, 0.3) is 0 Å². The van der Waals surface area contributed by atoms with E-state index in [4.69, 9.17) is 4.74 Å². The molecule has 1 aliphatic rings. The van der Waals surface area contributed by atoms with Gasteiger partial charge in [0.1, 0.15) is 0 Å². The maximum atomic E-state index is 10.6. The molecule has 0 spiro atoms. The van der Waals surface area contributed by atoms with Crippen molar-refractivity contribution in [2.45, 2.75) is 19.8 Å². The normalized spacial score (nSPS) is 21.1. The molecule has 1 aliphatic heterocycles. The van der Waals surface area contributed by atoms with Crippen LogP contribution in [0, 0.1) is 5.92 Å². The highest BCUT2D eigenvalue weighted by Gasteiger charge is 2.26. The van der Waals surface area contributed by atoms with Crippen LogP contribution in [-0.2, 0) is 9.53 Å². The van der Waals surface area contributed by atoms with E-state index >= 15 is 0 Å². The van der Waals surface area contributed by atoms with Gasteiger partial charge in [0.15, 0.2) is 0 Å². The maximum Gasteiger partial charge on any atom is 0.302 e. The standard InChI is InChI=1S/C10H20NO2.HI/c1-9(12)13-8-10-4-6-11(2,3)7-5-10;/h10H,4-8H2,1-3H3;1H/q+1;/p-1. The van der Waals surface area contributed by atoms with E-state index in [1.807, 2.05) is 0 Å². The summed E-state index contributed by atoms with van der Waals surface area (Å²) in [6, 6.07) is 0. The summed E-state index contributed by atoms with van der Waals surface area (Å²) in [5.41, 5.74) is 0. The average molecular weight is 313 g/mol. The molecule has 0 unspecified atom stereocenters. The van der Waals surface area contributed by atoms with Gasteiger partial charge in [-0.15, -0.1) is 0 Å². The molecule has 0 atom stereocenters. The number of carbonyl (C=O) groups is 1. The van der Waals surface area contributed by atoms with Gasteiger partial charge in [-0.1, -0.05) is 0 Å². The second-order valence-corrected chi connectivity index (χ2v) is 4.63. The zero-order valence-electron chi connectivity index (χ0n) is 9.25. The van der Waals surface area contributed by atoms with Crippen molar-refractivity contribution in [1.29, 1.82) is 0 Å². The van der Waals surface area contributed by atoms with Gasteiger partial charge in [0, 0.05) is 25.7 Å². The molecule has 1 fully saturated rings. The number of carbonyl (C=O) groups excluding carboxylic acids is 1. The number of piperidine rings is 1. The molecule has 1 rings (SSSR count). The molecule has 1 heterocycles. The summed E-state index contributed by atoms with van der Waals surface area (Å²) >= 11 is 0. The van der Waals surface area contributed by atoms with Crippen LogP contribution in [0.25, 0.3) is 0 Å². The van der Waals surface area contributed by atoms with Crippen molar-refractivity contribution in [2.75, 3.05) is 33.8 Å². The van der Waals surface area contributed by atoms with Crippen molar-refractivity contribution in [3.63, 3.8) is 0 Å². The predicted octanol–water partition coefficient (Wildman–Crippen LogP) is -1.96. The van der Waals surface area contributed by atoms with Crippen LogP contribution in [0.2, 0.25) is 0 Å². The van der Waals surface area contributed by atoms with Gasteiger partial charge >= 0.3 is 5.97 Å². The van der Waals surface area contributed by atoms with E-state index in [1.165, 1.54) is 32.9 Å². The van der Waals surface area contributed by atoms with Gasteiger partial charge in [-0.05, 0) is 0 Å². The molecule has 0 saturated carbocycles. The lowest BCUT2D eigenvalue weighted by molar-refractivity contribution is -0.896. The Bertz CT molecular complexity index is 185. The molecule has 0 amide bonds. The number of nitrogens with zero attached hydrogens (tertiary/aromatic N) is 1. The number of likely N-dealkylation sites (tertiary alicyclic amines) is 1. The average Bonchev–Trinajstić information content (AvgIpc) is 2.02. The van der Waals surface area contributed by atoms with Crippen LogP contribution >= 0.6 is 0 Å². The number of esters is 1. The van der Waals surface area contributed by atoms with Crippen LogP contribution in [0.1, 0.15) is 19.8 Å². The molecular weight excluding hydrogens is 293 g/mol. The largest absolute Gasteiger partial charge is 1.00 e. The Labute approximate surface area is 103 Å². The Balaban J connectivity index is 0.00000169. The van der Waals surface area contributed by atoms with E-state index in [0.29, 0.717) is 12.5 Å². The number of ether oxygens (including phenoxy) is 1. The Kier molecular flexibility index (Phi) is 5.97.